The van der Waals surface area contributed by atoms with Gasteiger partial charge in [-0.25, -0.2) is 13.6 Å². The number of rotatable bonds is 3. The number of carbonyl (C=O) groups is 1. The summed E-state index contributed by atoms with van der Waals surface area (Å²) in [6.45, 7) is 1.78. The number of halogens is 2. The van der Waals surface area contributed by atoms with Crippen LogP contribution in [-0.2, 0) is 17.6 Å². The summed E-state index contributed by atoms with van der Waals surface area (Å²) in [4.78, 5) is 26.2. The monoisotopic (exact) mass is 389 g/mol. The average Bonchev–Trinajstić information content (AvgIpc) is 3.02. The Bertz CT molecular complexity index is 1020. The molecule has 1 aromatic heterocycles. The summed E-state index contributed by atoms with van der Waals surface area (Å²) in [5, 5.41) is 0.905. The highest BCUT2D eigenvalue weighted by molar-refractivity contribution is 5.84. The Balaban J connectivity index is 1.34. The van der Waals surface area contributed by atoms with E-state index in [0.29, 0.717) is 11.3 Å². The number of hydrogen-bond acceptors (Lipinski definition) is 4. The molecule has 5 nitrogen and oxygen atoms in total. The Morgan fingerprint density at radius 2 is 1.89 bits per heavy atom. The Morgan fingerprint density at radius 1 is 1.21 bits per heavy atom. The van der Waals surface area contributed by atoms with Crippen molar-refractivity contribution in [2.45, 2.75) is 44.6 Å². The molecule has 0 radical (unpaired) electrons. The van der Waals surface area contributed by atoms with Gasteiger partial charge in [-0.2, -0.15) is 0 Å². The zero-order chi connectivity index (χ0) is 19.6. The van der Waals surface area contributed by atoms with Crippen molar-refractivity contribution in [2.75, 3.05) is 13.1 Å². The molecule has 3 aliphatic rings. The predicted molar refractivity (Wildman–Crippen MR) is 97.7 cm³/mol. The van der Waals surface area contributed by atoms with Crippen molar-refractivity contribution in [1.82, 2.24) is 4.90 Å². The molecular weight excluding hydrogens is 368 g/mol. The molecule has 1 saturated heterocycles. The number of piperidine rings is 1. The zero-order valence-corrected chi connectivity index (χ0v) is 15.5. The van der Waals surface area contributed by atoms with Gasteiger partial charge in [0.25, 0.3) is 11.8 Å². The van der Waals surface area contributed by atoms with E-state index in [1.807, 2.05) is 6.07 Å². The van der Waals surface area contributed by atoms with Gasteiger partial charge in [0.2, 0.25) is 0 Å². The number of fused-ring (bicyclic) bond motifs is 4. The van der Waals surface area contributed by atoms with Gasteiger partial charge in [-0.3, -0.25) is 4.79 Å². The second-order valence-corrected chi connectivity index (χ2v) is 8.10. The van der Waals surface area contributed by atoms with E-state index in [-0.39, 0.29) is 24.6 Å². The van der Waals surface area contributed by atoms with Crippen LogP contribution in [0.3, 0.4) is 0 Å². The average molecular weight is 389 g/mol. The lowest BCUT2D eigenvalue weighted by atomic mass is 9.91. The van der Waals surface area contributed by atoms with Gasteiger partial charge in [0.1, 0.15) is 11.3 Å². The van der Waals surface area contributed by atoms with E-state index in [1.54, 1.807) is 19.1 Å². The number of amides is 1. The van der Waals surface area contributed by atoms with Crippen LogP contribution in [-0.4, -0.2) is 35.9 Å². The Labute approximate surface area is 160 Å². The number of ether oxygens (including phenoxy) is 1. The lowest BCUT2D eigenvalue weighted by molar-refractivity contribution is -0.138. The van der Waals surface area contributed by atoms with Gasteiger partial charge in [-0.15, -0.1) is 0 Å². The van der Waals surface area contributed by atoms with Crippen molar-refractivity contribution >= 4 is 16.9 Å². The molecule has 0 bridgehead atoms. The molecule has 1 saturated carbocycles. The van der Waals surface area contributed by atoms with E-state index in [1.165, 1.54) is 4.90 Å². The highest BCUT2D eigenvalue weighted by Gasteiger charge is 2.72. The third kappa shape index (κ3) is 2.63. The molecule has 28 heavy (non-hydrogen) atoms. The van der Waals surface area contributed by atoms with Gasteiger partial charge in [-0.1, -0.05) is 0 Å². The summed E-state index contributed by atoms with van der Waals surface area (Å²) in [5.41, 5.74) is 1.95. The van der Waals surface area contributed by atoms with E-state index in [0.717, 1.165) is 42.2 Å². The fourth-order valence-corrected chi connectivity index (χ4v) is 4.70. The summed E-state index contributed by atoms with van der Waals surface area (Å²) < 4.78 is 37.9. The second-order valence-electron chi connectivity index (χ2n) is 8.10. The predicted octanol–water partition coefficient (Wildman–Crippen LogP) is 3.16. The molecular formula is C21H21F2NO4. The minimum absolute atomic E-state index is 0.0862. The first-order chi connectivity index (χ1) is 13.4. The normalized spacial score (nSPS) is 25.9. The Morgan fingerprint density at radius 3 is 2.61 bits per heavy atom. The number of aryl methyl sites for hydroxylation is 1. The van der Waals surface area contributed by atoms with E-state index >= 15 is 0 Å². The van der Waals surface area contributed by atoms with Crippen LogP contribution in [0, 0.1) is 11.8 Å². The van der Waals surface area contributed by atoms with E-state index < -0.39 is 23.9 Å². The van der Waals surface area contributed by atoms with Crippen LogP contribution in [0.2, 0.25) is 0 Å². The minimum atomic E-state index is -2.62. The summed E-state index contributed by atoms with van der Waals surface area (Å²) in [6, 6.07) is 5.25. The van der Waals surface area contributed by atoms with Gasteiger partial charge in [-0.05, 0) is 50.3 Å². The molecule has 0 spiro atoms. The molecule has 3 atom stereocenters. The minimum Gasteiger partial charge on any atom is -0.481 e. The number of hydrogen-bond donors (Lipinski definition) is 0. The topological polar surface area (TPSA) is 59.8 Å². The quantitative estimate of drug-likeness (QED) is 0.757. The highest BCUT2D eigenvalue weighted by Crippen LogP contribution is 2.59. The van der Waals surface area contributed by atoms with Gasteiger partial charge in [0.05, 0.1) is 11.8 Å². The van der Waals surface area contributed by atoms with Crippen LogP contribution in [0.4, 0.5) is 8.78 Å². The maximum atomic E-state index is 13.3. The van der Waals surface area contributed by atoms with Crippen molar-refractivity contribution in [3.63, 3.8) is 0 Å². The molecule has 1 amide bonds. The van der Waals surface area contributed by atoms with Crippen LogP contribution in [0.1, 0.15) is 30.9 Å². The molecule has 148 valence electrons. The molecule has 7 heteroatoms. The molecule has 3 unspecified atom stereocenters. The molecule has 1 aromatic carbocycles. The highest BCUT2D eigenvalue weighted by atomic mass is 19.3. The lowest BCUT2D eigenvalue weighted by Crippen LogP contribution is -2.41. The Hall–Kier alpha value is -2.44. The molecule has 2 heterocycles. The van der Waals surface area contributed by atoms with E-state index in [9.17, 15) is 18.4 Å². The first kappa shape index (κ1) is 17.6. The lowest BCUT2D eigenvalue weighted by Gasteiger charge is -2.24. The SMILES string of the molecule is CC(Oc1ccc2c3c(c(=O)oc2c1)CCCC3)C(=O)N1CC2C(C1)C2(F)F. The summed E-state index contributed by atoms with van der Waals surface area (Å²) in [7, 11) is 0. The van der Waals surface area contributed by atoms with Gasteiger partial charge in [0, 0.05) is 30.1 Å². The van der Waals surface area contributed by atoms with Gasteiger partial charge in [0.15, 0.2) is 6.10 Å². The van der Waals surface area contributed by atoms with E-state index in [2.05, 4.69) is 0 Å². The number of carbonyl (C=O) groups excluding carboxylic acids is 1. The standard InChI is InChI=1S/C21H21F2NO4/c1-11(19(25)24-9-16-17(10-24)21(16,22)23)27-12-6-7-14-13-4-2-3-5-15(13)20(26)28-18(14)8-12/h6-8,11,16-17H,2-5,9-10H2,1H3. The van der Waals surface area contributed by atoms with Gasteiger partial charge < -0.3 is 14.1 Å². The van der Waals surface area contributed by atoms with E-state index in [4.69, 9.17) is 9.15 Å². The maximum absolute atomic E-state index is 13.3. The summed E-state index contributed by atoms with van der Waals surface area (Å²) in [6.07, 6.45) is 2.84. The van der Waals surface area contributed by atoms with Crippen LogP contribution < -0.4 is 10.4 Å². The molecule has 0 N–H and O–H groups in total. The molecule has 2 aliphatic carbocycles. The molecule has 5 rings (SSSR count). The first-order valence-corrected chi connectivity index (χ1v) is 9.78. The number of nitrogens with zero attached hydrogens (tertiary/aromatic N) is 1. The second kappa shape index (κ2) is 6.03. The van der Waals surface area contributed by atoms with Crippen LogP contribution in [0.15, 0.2) is 27.4 Å². The zero-order valence-electron chi connectivity index (χ0n) is 15.5. The molecule has 1 aliphatic heterocycles. The summed E-state index contributed by atoms with van der Waals surface area (Å²) >= 11 is 0. The fraction of sp³-hybridized carbons (Fsp3) is 0.524. The largest absolute Gasteiger partial charge is 0.481 e. The number of benzene rings is 1. The third-order valence-electron chi connectivity index (χ3n) is 6.37. The van der Waals surface area contributed by atoms with Crippen LogP contribution >= 0.6 is 0 Å². The number of likely N-dealkylation sites (tertiary alicyclic amines) is 1. The maximum Gasteiger partial charge on any atom is 0.339 e. The molecule has 2 fully saturated rings. The third-order valence-corrected chi connectivity index (χ3v) is 6.37. The van der Waals surface area contributed by atoms with Gasteiger partial charge >= 0.3 is 5.63 Å². The van der Waals surface area contributed by atoms with Crippen LogP contribution in [0.25, 0.3) is 11.0 Å². The Kier molecular flexibility index (Phi) is 3.80. The number of alkyl halides is 2. The van der Waals surface area contributed by atoms with Crippen molar-refractivity contribution in [3.8, 4) is 5.75 Å². The van der Waals surface area contributed by atoms with Crippen molar-refractivity contribution in [3.05, 3.63) is 39.7 Å². The smallest absolute Gasteiger partial charge is 0.339 e. The molecule has 2 aromatic rings. The van der Waals surface area contributed by atoms with Crippen molar-refractivity contribution in [1.29, 1.82) is 0 Å². The van der Waals surface area contributed by atoms with Crippen molar-refractivity contribution < 1.29 is 22.7 Å². The van der Waals surface area contributed by atoms with Crippen molar-refractivity contribution in [2.24, 2.45) is 11.8 Å². The summed E-state index contributed by atoms with van der Waals surface area (Å²) in [5.74, 6) is -3.90. The fourth-order valence-electron chi connectivity index (χ4n) is 4.70. The van der Waals surface area contributed by atoms with Crippen LogP contribution in [0.5, 0.6) is 5.75 Å². The first-order valence-electron chi connectivity index (χ1n) is 9.78.